The summed E-state index contributed by atoms with van der Waals surface area (Å²) in [6.45, 7) is 18.6. The van der Waals surface area contributed by atoms with E-state index in [-0.39, 0.29) is 53.9 Å². The van der Waals surface area contributed by atoms with E-state index in [0.717, 1.165) is 92.5 Å². The number of aryl methyl sites for hydroxylation is 2. The molecule has 0 spiro atoms. The van der Waals surface area contributed by atoms with Gasteiger partial charge in [0.1, 0.15) is 0 Å². The van der Waals surface area contributed by atoms with Crippen LogP contribution in [0, 0.1) is 25.8 Å². The van der Waals surface area contributed by atoms with E-state index in [2.05, 4.69) is 151 Å². The van der Waals surface area contributed by atoms with E-state index in [0.29, 0.717) is 44.3 Å². The van der Waals surface area contributed by atoms with E-state index in [1.54, 1.807) is 0 Å². The van der Waals surface area contributed by atoms with Gasteiger partial charge in [0, 0.05) is 74.9 Å². The van der Waals surface area contributed by atoms with Crippen molar-refractivity contribution in [1.29, 1.82) is 0 Å². The first kappa shape index (κ1) is 38.0. The van der Waals surface area contributed by atoms with E-state index < -0.39 is 24.5 Å². The summed E-state index contributed by atoms with van der Waals surface area (Å²) in [5.41, 5.74) is 12.8. The van der Waals surface area contributed by atoms with E-state index in [9.17, 15) is 0 Å². The third-order valence-electron chi connectivity index (χ3n) is 19.1. The summed E-state index contributed by atoms with van der Waals surface area (Å²) in [6.07, 6.45) is 3.69. The minimum Gasteiger partial charge on any atom is -0.497 e. The summed E-state index contributed by atoms with van der Waals surface area (Å²) < 4.78 is 65.0. The molecule has 352 valence electrons. The number of benzene rings is 6. The maximum atomic E-state index is 8.92. The standard InChI is InChI=1S/C64H60N4O.Pt/c1-35-21-27-47-53-49(35)39-25-23-37(33-43(39)57-65-51-41-17-13-15-19-45(41)59(3,4)29-31-63(11,61(47,7)8)55(51)67(53)57)69-38-24-26-40-44(34-38)58-66-52-42-18-14-16-20-46(42)60(5,6)30-32-64(12)56(52)68(58)54-48(62(64,9)10)28-22-36(2)50(40)54;/h13-28H,29-32H2,1-12H3;/q-2;+2/i1D3,2D3;. The number of imidazole rings is 2. The SMILES string of the molecule is [2H]C([2H])([2H])c1ccc2c3c1c1ccc(Oc4[c-]c5c(cc4)c4c(C([2H])([2H])[2H])ccc6c4n4c7c(nc54)-c4ccccc4C(C)(C)CCC7(C)C6(C)C)[c-]c1c1nc4c(n13)C(C)(CCC(C)(C)c1ccccc1-4)C2(C)C.[Pt+2]. The molecule has 0 saturated heterocycles. The van der Waals surface area contributed by atoms with Crippen molar-refractivity contribution in [3.8, 4) is 34.0 Å². The molecule has 0 saturated carbocycles. The smallest absolute Gasteiger partial charge is 0.497 e. The van der Waals surface area contributed by atoms with Crippen LogP contribution in [0.15, 0.2) is 97.1 Å². The average Bonchev–Trinajstić information content (AvgIpc) is 3.97. The molecule has 4 aromatic heterocycles. The van der Waals surface area contributed by atoms with Gasteiger partial charge in [0.05, 0.1) is 22.7 Å². The Balaban J connectivity index is 0.00000553. The third-order valence-corrected chi connectivity index (χ3v) is 19.1. The second-order valence-corrected chi connectivity index (χ2v) is 23.8. The molecule has 2 aliphatic carbocycles. The van der Waals surface area contributed by atoms with Gasteiger partial charge < -0.3 is 13.5 Å². The molecule has 2 aliphatic heterocycles. The monoisotopic (exact) mass is 1100 g/mol. The minimum atomic E-state index is -2.41. The summed E-state index contributed by atoms with van der Waals surface area (Å²) in [6, 6.07) is 40.1. The van der Waals surface area contributed by atoms with Crippen LogP contribution < -0.4 is 4.74 Å². The van der Waals surface area contributed by atoms with Crippen LogP contribution in [-0.2, 0) is 53.6 Å². The summed E-state index contributed by atoms with van der Waals surface area (Å²) in [7, 11) is 0. The molecular formula is C64H60N4OPt. The molecule has 0 bridgehead atoms. The number of pyridine rings is 2. The molecule has 6 heteroatoms. The minimum absolute atomic E-state index is 0. The van der Waals surface area contributed by atoms with Crippen molar-refractivity contribution in [3.05, 3.63) is 154 Å². The quantitative estimate of drug-likeness (QED) is 0.128. The summed E-state index contributed by atoms with van der Waals surface area (Å²) in [5, 5.41) is 4.16. The first-order valence-corrected chi connectivity index (χ1v) is 24.9. The Morgan fingerprint density at radius 3 is 1.33 bits per heavy atom. The molecule has 0 fully saturated rings. The van der Waals surface area contributed by atoms with Gasteiger partial charge in [-0.15, -0.1) is 12.1 Å². The van der Waals surface area contributed by atoms with Gasteiger partial charge in [0.25, 0.3) is 0 Å². The van der Waals surface area contributed by atoms with Crippen LogP contribution in [0.2, 0.25) is 0 Å². The van der Waals surface area contributed by atoms with Crippen molar-refractivity contribution in [2.24, 2.45) is 0 Å². The Morgan fingerprint density at radius 2 is 0.914 bits per heavy atom. The van der Waals surface area contributed by atoms with Gasteiger partial charge in [-0.3, -0.25) is 9.97 Å². The van der Waals surface area contributed by atoms with E-state index in [1.165, 1.54) is 11.1 Å². The topological polar surface area (TPSA) is 43.8 Å². The molecule has 4 aliphatic rings. The molecule has 6 aromatic carbocycles. The van der Waals surface area contributed by atoms with E-state index in [1.807, 2.05) is 36.4 Å². The Kier molecular flexibility index (Phi) is 7.48. The number of nitrogens with zero attached hydrogens (tertiary/aromatic N) is 4. The molecule has 2 atom stereocenters. The van der Waals surface area contributed by atoms with Gasteiger partial charge >= 0.3 is 21.1 Å². The zero-order valence-electron chi connectivity index (χ0n) is 47.6. The molecule has 0 N–H and O–H groups in total. The molecular weight excluding hydrogens is 1040 g/mol. The van der Waals surface area contributed by atoms with Crippen LogP contribution in [0.5, 0.6) is 11.5 Å². The molecule has 70 heavy (non-hydrogen) atoms. The van der Waals surface area contributed by atoms with Crippen LogP contribution in [0.4, 0.5) is 0 Å². The number of hydrogen-bond donors (Lipinski definition) is 0. The molecule has 0 radical (unpaired) electrons. The molecule has 2 unspecified atom stereocenters. The van der Waals surface area contributed by atoms with Crippen molar-refractivity contribution in [2.45, 2.75) is 141 Å². The first-order valence-electron chi connectivity index (χ1n) is 27.9. The number of hydrogen-bond acceptors (Lipinski definition) is 3. The van der Waals surface area contributed by atoms with Crippen LogP contribution in [0.1, 0.15) is 148 Å². The van der Waals surface area contributed by atoms with Gasteiger partial charge in [-0.25, -0.2) is 0 Å². The van der Waals surface area contributed by atoms with Crippen molar-refractivity contribution in [2.75, 3.05) is 0 Å². The number of rotatable bonds is 2. The van der Waals surface area contributed by atoms with Crippen LogP contribution in [-0.4, -0.2) is 18.8 Å². The van der Waals surface area contributed by atoms with Gasteiger partial charge in [0.15, 0.2) is 0 Å². The molecule has 6 heterocycles. The molecule has 0 amide bonds. The van der Waals surface area contributed by atoms with Gasteiger partial charge in [-0.05, 0) is 83.2 Å². The number of ether oxygens (including phenoxy) is 1. The summed E-state index contributed by atoms with van der Waals surface area (Å²) in [5.74, 6) is 0.819. The average molecular weight is 1100 g/mol. The van der Waals surface area contributed by atoms with Crippen molar-refractivity contribution >= 4 is 54.6 Å². The second kappa shape index (κ2) is 13.8. The number of aromatic nitrogens is 4. The molecule has 5 nitrogen and oxygen atoms in total. The fourth-order valence-corrected chi connectivity index (χ4v) is 14.2. The van der Waals surface area contributed by atoms with Crippen molar-refractivity contribution in [3.63, 3.8) is 0 Å². The van der Waals surface area contributed by atoms with Gasteiger partial charge in [-0.1, -0.05) is 199 Å². The third kappa shape index (κ3) is 5.18. The van der Waals surface area contributed by atoms with Crippen LogP contribution in [0.25, 0.3) is 77.2 Å². The summed E-state index contributed by atoms with van der Waals surface area (Å²) in [4.78, 5) is 11.3. The zero-order valence-corrected chi connectivity index (χ0v) is 43.9. The van der Waals surface area contributed by atoms with Crippen molar-refractivity contribution in [1.82, 2.24) is 18.8 Å². The molecule has 14 rings (SSSR count). The van der Waals surface area contributed by atoms with E-state index in [4.69, 9.17) is 22.9 Å². The Hall–Kier alpha value is -5.77. The predicted molar refractivity (Wildman–Crippen MR) is 284 cm³/mol. The maximum absolute atomic E-state index is 8.92. The van der Waals surface area contributed by atoms with Crippen LogP contribution in [0.3, 0.4) is 0 Å². The Morgan fingerprint density at radius 1 is 0.500 bits per heavy atom. The second-order valence-electron chi connectivity index (χ2n) is 23.8. The van der Waals surface area contributed by atoms with Crippen molar-refractivity contribution < 1.29 is 34.0 Å². The number of fused-ring (bicyclic) bond motifs is 10. The fraction of sp³-hybridized carbons (Fsp3) is 0.344. The normalized spacial score (nSPS) is 23.6. The van der Waals surface area contributed by atoms with Gasteiger partial charge in [0.2, 0.25) is 0 Å². The Labute approximate surface area is 434 Å². The molecule has 10 aromatic rings. The first-order chi connectivity index (χ1) is 35.2. The predicted octanol–water partition coefficient (Wildman–Crippen LogP) is 16.2. The Bertz CT molecular complexity index is 3980. The summed E-state index contributed by atoms with van der Waals surface area (Å²) >= 11 is 0. The van der Waals surface area contributed by atoms with E-state index >= 15 is 0 Å². The van der Waals surface area contributed by atoms with Gasteiger partial charge in [-0.2, -0.15) is 0 Å². The fourth-order valence-electron chi connectivity index (χ4n) is 14.2. The largest absolute Gasteiger partial charge is 2.00 e. The zero-order chi connectivity index (χ0) is 52.7. The van der Waals surface area contributed by atoms with Crippen LogP contribution >= 0.6 is 0 Å². The maximum Gasteiger partial charge on any atom is 2.00 e.